The molecular formula is C17H24O5. The van der Waals surface area contributed by atoms with Crippen molar-refractivity contribution in [1.82, 2.24) is 0 Å². The Balaban J connectivity index is 1.94. The van der Waals surface area contributed by atoms with Gasteiger partial charge in [0.1, 0.15) is 6.10 Å². The molecule has 0 saturated heterocycles. The minimum Gasteiger partial charge on any atom is -0.459 e. The van der Waals surface area contributed by atoms with Crippen molar-refractivity contribution in [1.29, 1.82) is 0 Å². The molecule has 0 amide bonds. The van der Waals surface area contributed by atoms with Crippen molar-refractivity contribution in [2.24, 2.45) is 0 Å². The highest BCUT2D eigenvalue weighted by Crippen LogP contribution is 2.26. The molecule has 0 saturated carbocycles. The highest BCUT2D eigenvalue weighted by Gasteiger charge is 2.24. The molecular weight excluding hydrogens is 284 g/mol. The maximum atomic E-state index is 11.3. The molecule has 0 fully saturated rings. The summed E-state index contributed by atoms with van der Waals surface area (Å²) in [6.07, 6.45) is 10.3. The first kappa shape index (κ1) is 16.6. The number of aliphatic hydroxyl groups is 1. The van der Waals surface area contributed by atoms with Crippen LogP contribution in [0.3, 0.4) is 0 Å². The molecule has 22 heavy (non-hydrogen) atoms. The second-order valence-electron chi connectivity index (χ2n) is 5.47. The SMILES string of the molecule is C=CC(=O)OC(CO)CC(OC1=CCCC1)OC1=CCCC1. The van der Waals surface area contributed by atoms with E-state index in [0.717, 1.165) is 56.1 Å². The molecule has 0 bridgehead atoms. The van der Waals surface area contributed by atoms with Crippen LogP contribution in [-0.4, -0.2) is 30.1 Å². The van der Waals surface area contributed by atoms with Gasteiger partial charge in [-0.15, -0.1) is 0 Å². The zero-order valence-electron chi connectivity index (χ0n) is 12.8. The zero-order valence-corrected chi connectivity index (χ0v) is 12.8. The molecule has 122 valence electrons. The lowest BCUT2D eigenvalue weighted by atomic mass is 10.2. The van der Waals surface area contributed by atoms with Crippen LogP contribution in [0.2, 0.25) is 0 Å². The van der Waals surface area contributed by atoms with Crippen LogP contribution in [0.4, 0.5) is 0 Å². The zero-order chi connectivity index (χ0) is 15.8. The van der Waals surface area contributed by atoms with E-state index in [0.29, 0.717) is 0 Å². The van der Waals surface area contributed by atoms with Crippen LogP contribution in [-0.2, 0) is 19.0 Å². The number of ether oxygens (including phenoxy) is 3. The number of rotatable bonds is 9. The van der Waals surface area contributed by atoms with Gasteiger partial charge in [0, 0.05) is 18.9 Å². The Labute approximate surface area is 131 Å². The van der Waals surface area contributed by atoms with Crippen LogP contribution in [0.25, 0.3) is 0 Å². The van der Waals surface area contributed by atoms with Gasteiger partial charge in [-0.2, -0.15) is 0 Å². The summed E-state index contributed by atoms with van der Waals surface area (Å²) in [5.74, 6) is 1.27. The monoisotopic (exact) mass is 308 g/mol. The Morgan fingerprint density at radius 1 is 1.23 bits per heavy atom. The molecule has 5 nitrogen and oxygen atoms in total. The molecule has 0 heterocycles. The van der Waals surface area contributed by atoms with Crippen LogP contribution >= 0.6 is 0 Å². The van der Waals surface area contributed by atoms with Crippen molar-refractivity contribution < 1.29 is 24.1 Å². The van der Waals surface area contributed by atoms with Crippen molar-refractivity contribution in [2.45, 2.75) is 57.3 Å². The number of allylic oxidation sites excluding steroid dienone is 4. The van der Waals surface area contributed by atoms with Gasteiger partial charge in [-0.1, -0.05) is 6.58 Å². The van der Waals surface area contributed by atoms with Crippen molar-refractivity contribution in [3.05, 3.63) is 36.3 Å². The highest BCUT2D eigenvalue weighted by atomic mass is 16.7. The third-order valence-electron chi connectivity index (χ3n) is 3.67. The Morgan fingerprint density at radius 2 is 1.82 bits per heavy atom. The number of hydrogen-bond donors (Lipinski definition) is 1. The number of hydrogen-bond acceptors (Lipinski definition) is 5. The largest absolute Gasteiger partial charge is 0.459 e. The average molecular weight is 308 g/mol. The van der Waals surface area contributed by atoms with E-state index in [1.54, 1.807) is 0 Å². The van der Waals surface area contributed by atoms with Crippen LogP contribution in [0.1, 0.15) is 44.9 Å². The Morgan fingerprint density at radius 3 is 2.23 bits per heavy atom. The molecule has 0 spiro atoms. The summed E-state index contributed by atoms with van der Waals surface area (Å²) in [4.78, 5) is 11.3. The Kier molecular flexibility index (Phi) is 6.52. The van der Waals surface area contributed by atoms with E-state index in [1.165, 1.54) is 0 Å². The summed E-state index contributed by atoms with van der Waals surface area (Å²) in [6, 6.07) is 0. The first-order valence-corrected chi connectivity index (χ1v) is 7.86. The van der Waals surface area contributed by atoms with E-state index in [-0.39, 0.29) is 13.0 Å². The third-order valence-corrected chi connectivity index (χ3v) is 3.67. The van der Waals surface area contributed by atoms with Crippen molar-refractivity contribution in [3.8, 4) is 0 Å². The lowest BCUT2D eigenvalue weighted by molar-refractivity contribution is -0.155. The maximum Gasteiger partial charge on any atom is 0.330 e. The molecule has 1 atom stereocenters. The second kappa shape index (κ2) is 8.63. The van der Waals surface area contributed by atoms with E-state index in [4.69, 9.17) is 14.2 Å². The Bertz CT molecular complexity index is 426. The summed E-state index contributed by atoms with van der Waals surface area (Å²) in [6.45, 7) is 3.08. The van der Waals surface area contributed by atoms with E-state index in [9.17, 15) is 9.90 Å². The van der Waals surface area contributed by atoms with Crippen LogP contribution in [0.15, 0.2) is 36.3 Å². The summed E-state index contributed by atoms with van der Waals surface area (Å²) in [5, 5.41) is 9.39. The quantitative estimate of drug-likeness (QED) is 0.403. The molecule has 0 radical (unpaired) electrons. The average Bonchev–Trinajstić information content (AvgIpc) is 3.20. The smallest absolute Gasteiger partial charge is 0.330 e. The van der Waals surface area contributed by atoms with Gasteiger partial charge in [-0.05, 0) is 37.8 Å². The maximum absolute atomic E-state index is 11.3. The van der Waals surface area contributed by atoms with Gasteiger partial charge in [0.05, 0.1) is 24.5 Å². The van der Waals surface area contributed by atoms with E-state index in [2.05, 4.69) is 18.7 Å². The molecule has 1 N–H and O–H groups in total. The molecule has 2 rings (SSSR count). The van der Waals surface area contributed by atoms with Gasteiger partial charge >= 0.3 is 5.97 Å². The normalized spacial score (nSPS) is 18.6. The fourth-order valence-corrected chi connectivity index (χ4v) is 2.54. The molecule has 2 aliphatic carbocycles. The molecule has 0 aliphatic heterocycles. The number of aliphatic hydroxyl groups excluding tert-OH is 1. The first-order chi connectivity index (χ1) is 10.7. The molecule has 5 heteroatoms. The van der Waals surface area contributed by atoms with Crippen molar-refractivity contribution in [2.75, 3.05) is 6.61 Å². The number of esters is 1. The topological polar surface area (TPSA) is 65.0 Å². The second-order valence-corrected chi connectivity index (χ2v) is 5.47. The molecule has 2 aliphatic rings. The predicted molar refractivity (Wildman–Crippen MR) is 81.6 cm³/mol. The van der Waals surface area contributed by atoms with Gasteiger partial charge in [0.25, 0.3) is 0 Å². The van der Waals surface area contributed by atoms with E-state index >= 15 is 0 Å². The summed E-state index contributed by atoms with van der Waals surface area (Å²) < 4.78 is 16.9. The predicted octanol–water partition coefficient (Wildman–Crippen LogP) is 2.96. The summed E-state index contributed by atoms with van der Waals surface area (Å²) in [7, 11) is 0. The minimum atomic E-state index is -0.667. The van der Waals surface area contributed by atoms with Gasteiger partial charge in [0.15, 0.2) is 0 Å². The van der Waals surface area contributed by atoms with Crippen LogP contribution < -0.4 is 0 Å². The van der Waals surface area contributed by atoms with Gasteiger partial charge in [-0.3, -0.25) is 0 Å². The van der Waals surface area contributed by atoms with Crippen molar-refractivity contribution >= 4 is 5.97 Å². The third kappa shape index (κ3) is 5.22. The van der Waals surface area contributed by atoms with E-state index < -0.39 is 18.4 Å². The highest BCUT2D eigenvalue weighted by molar-refractivity contribution is 5.81. The van der Waals surface area contributed by atoms with Gasteiger partial charge in [-0.25, -0.2) is 4.79 Å². The molecule has 1 unspecified atom stereocenters. The molecule has 0 aromatic carbocycles. The first-order valence-electron chi connectivity index (χ1n) is 7.86. The van der Waals surface area contributed by atoms with Gasteiger partial charge < -0.3 is 19.3 Å². The lowest BCUT2D eigenvalue weighted by Crippen LogP contribution is -2.29. The fourth-order valence-electron chi connectivity index (χ4n) is 2.54. The standard InChI is InChI=1S/C17H24O5/c1-2-16(19)20-15(12-18)11-17(21-13-7-3-4-8-13)22-14-9-5-6-10-14/h2,7,9,15,17-18H,1,3-6,8,10-12H2. The summed E-state index contributed by atoms with van der Waals surface area (Å²) >= 11 is 0. The summed E-state index contributed by atoms with van der Waals surface area (Å²) in [5.41, 5.74) is 0. The van der Waals surface area contributed by atoms with Crippen LogP contribution in [0.5, 0.6) is 0 Å². The van der Waals surface area contributed by atoms with Crippen molar-refractivity contribution in [3.63, 3.8) is 0 Å². The van der Waals surface area contributed by atoms with Gasteiger partial charge in [0.2, 0.25) is 6.29 Å². The number of carbonyl (C=O) groups is 1. The minimum absolute atomic E-state index is 0.277. The fraction of sp³-hybridized carbons (Fsp3) is 0.588. The molecule has 0 aromatic heterocycles. The Hall–Kier alpha value is -1.75. The number of carbonyl (C=O) groups excluding carboxylic acids is 1. The van der Waals surface area contributed by atoms with E-state index in [1.807, 2.05) is 0 Å². The lowest BCUT2D eigenvalue weighted by Gasteiger charge is -2.25. The molecule has 0 aromatic rings. The van der Waals surface area contributed by atoms with Crippen LogP contribution in [0, 0.1) is 0 Å².